The maximum absolute atomic E-state index is 13.2. The molecule has 0 amide bonds. The van der Waals surface area contributed by atoms with E-state index in [1.165, 1.54) is 18.2 Å². The Morgan fingerprint density at radius 3 is 3.05 bits per heavy atom. The summed E-state index contributed by atoms with van der Waals surface area (Å²) in [6.45, 7) is 3.21. The number of halogens is 1. The summed E-state index contributed by atoms with van der Waals surface area (Å²) < 4.78 is 15.0. The van der Waals surface area contributed by atoms with Crippen molar-refractivity contribution in [1.29, 1.82) is 5.26 Å². The van der Waals surface area contributed by atoms with E-state index in [2.05, 4.69) is 16.5 Å². The maximum atomic E-state index is 13.2. The lowest BCUT2D eigenvalue weighted by molar-refractivity contribution is 0.450. The summed E-state index contributed by atoms with van der Waals surface area (Å²) in [6, 6.07) is 8.31. The minimum Gasteiger partial charge on any atom is -0.308 e. The zero-order chi connectivity index (χ0) is 13.7. The number of aromatic nitrogens is 2. The average molecular weight is 258 g/mol. The first-order chi connectivity index (χ1) is 9.19. The SMILES string of the molecule is CC(Cn1cccn1)NCc1cc(F)ccc1C#N. The van der Waals surface area contributed by atoms with Gasteiger partial charge in [-0.1, -0.05) is 0 Å². The molecule has 0 aliphatic rings. The highest BCUT2D eigenvalue weighted by molar-refractivity contribution is 5.37. The van der Waals surface area contributed by atoms with Crippen LogP contribution in [0.4, 0.5) is 4.39 Å². The van der Waals surface area contributed by atoms with Crippen molar-refractivity contribution in [2.45, 2.75) is 26.1 Å². The third-order valence-corrected chi connectivity index (χ3v) is 2.85. The first kappa shape index (κ1) is 13.2. The van der Waals surface area contributed by atoms with Gasteiger partial charge in [-0.3, -0.25) is 4.68 Å². The van der Waals surface area contributed by atoms with E-state index in [1.54, 1.807) is 6.20 Å². The molecule has 0 aliphatic carbocycles. The number of nitriles is 1. The Morgan fingerprint density at radius 1 is 1.53 bits per heavy atom. The second-order valence-electron chi connectivity index (χ2n) is 4.42. The van der Waals surface area contributed by atoms with E-state index in [1.807, 2.05) is 23.9 Å². The van der Waals surface area contributed by atoms with Crippen LogP contribution in [0.1, 0.15) is 18.1 Å². The molecule has 2 rings (SSSR count). The van der Waals surface area contributed by atoms with Gasteiger partial charge in [0, 0.05) is 25.0 Å². The summed E-state index contributed by atoms with van der Waals surface area (Å²) >= 11 is 0. The number of hydrogen-bond acceptors (Lipinski definition) is 3. The zero-order valence-electron chi connectivity index (χ0n) is 10.7. The van der Waals surface area contributed by atoms with Gasteiger partial charge in [-0.15, -0.1) is 0 Å². The van der Waals surface area contributed by atoms with Crippen LogP contribution in [0, 0.1) is 17.1 Å². The van der Waals surface area contributed by atoms with Crippen LogP contribution in [0.15, 0.2) is 36.7 Å². The molecule has 1 aromatic carbocycles. The second-order valence-corrected chi connectivity index (χ2v) is 4.42. The van der Waals surface area contributed by atoms with E-state index in [4.69, 9.17) is 5.26 Å². The summed E-state index contributed by atoms with van der Waals surface area (Å²) in [6.07, 6.45) is 3.62. The summed E-state index contributed by atoms with van der Waals surface area (Å²) in [4.78, 5) is 0. The molecule has 0 aliphatic heterocycles. The predicted molar refractivity (Wildman–Crippen MR) is 69.6 cm³/mol. The summed E-state index contributed by atoms with van der Waals surface area (Å²) in [5.74, 6) is -0.324. The van der Waals surface area contributed by atoms with Crippen LogP contribution < -0.4 is 5.32 Å². The molecule has 0 saturated heterocycles. The van der Waals surface area contributed by atoms with Crippen LogP contribution in [-0.4, -0.2) is 15.8 Å². The molecule has 0 radical (unpaired) electrons. The Labute approximate surface area is 111 Å². The van der Waals surface area contributed by atoms with Gasteiger partial charge in [0.1, 0.15) is 5.82 Å². The lowest BCUT2D eigenvalue weighted by atomic mass is 10.1. The van der Waals surface area contributed by atoms with E-state index in [9.17, 15) is 4.39 Å². The highest BCUT2D eigenvalue weighted by atomic mass is 19.1. The Morgan fingerprint density at radius 2 is 2.37 bits per heavy atom. The largest absolute Gasteiger partial charge is 0.308 e. The molecule has 0 fully saturated rings. The Hall–Kier alpha value is -2.19. The van der Waals surface area contributed by atoms with Crippen molar-refractivity contribution >= 4 is 0 Å². The normalized spacial score (nSPS) is 12.1. The zero-order valence-corrected chi connectivity index (χ0v) is 10.7. The van der Waals surface area contributed by atoms with Gasteiger partial charge in [0.15, 0.2) is 0 Å². The van der Waals surface area contributed by atoms with Gasteiger partial charge in [-0.2, -0.15) is 10.4 Å². The topological polar surface area (TPSA) is 53.6 Å². The molecular formula is C14H15FN4. The predicted octanol–water partition coefficient (Wildman–Crippen LogP) is 2.07. The van der Waals surface area contributed by atoms with Crippen LogP contribution in [0.5, 0.6) is 0 Å². The van der Waals surface area contributed by atoms with Crippen LogP contribution >= 0.6 is 0 Å². The van der Waals surface area contributed by atoms with Crippen LogP contribution in [0.25, 0.3) is 0 Å². The van der Waals surface area contributed by atoms with Gasteiger partial charge >= 0.3 is 0 Å². The highest BCUT2D eigenvalue weighted by Crippen LogP contribution is 2.10. The third kappa shape index (κ3) is 3.63. The summed E-state index contributed by atoms with van der Waals surface area (Å²) in [5.41, 5.74) is 1.18. The molecule has 4 nitrogen and oxygen atoms in total. The quantitative estimate of drug-likeness (QED) is 0.893. The minimum atomic E-state index is -0.324. The van der Waals surface area contributed by atoms with Gasteiger partial charge in [-0.25, -0.2) is 4.39 Å². The average Bonchev–Trinajstić information content (AvgIpc) is 2.89. The monoisotopic (exact) mass is 258 g/mol. The molecule has 1 N–H and O–H groups in total. The van der Waals surface area contributed by atoms with Crippen LogP contribution in [0.2, 0.25) is 0 Å². The first-order valence-electron chi connectivity index (χ1n) is 6.08. The van der Waals surface area contributed by atoms with Crippen molar-refractivity contribution in [3.63, 3.8) is 0 Å². The molecule has 1 heterocycles. The van der Waals surface area contributed by atoms with Crippen molar-refractivity contribution in [3.05, 3.63) is 53.6 Å². The number of benzene rings is 1. The molecule has 2 aromatic rings. The molecular weight excluding hydrogens is 243 g/mol. The lowest BCUT2D eigenvalue weighted by Crippen LogP contribution is -2.30. The Balaban J connectivity index is 1.95. The van der Waals surface area contributed by atoms with Crippen molar-refractivity contribution in [3.8, 4) is 6.07 Å². The van der Waals surface area contributed by atoms with Gasteiger partial charge in [0.05, 0.1) is 18.2 Å². The van der Waals surface area contributed by atoms with E-state index >= 15 is 0 Å². The standard InChI is InChI=1S/C14H15FN4/c1-11(10-19-6-2-5-18-19)17-9-13-7-14(15)4-3-12(13)8-16/h2-7,11,17H,9-10H2,1H3. The van der Waals surface area contributed by atoms with E-state index in [-0.39, 0.29) is 11.9 Å². The van der Waals surface area contributed by atoms with Gasteiger partial charge < -0.3 is 5.32 Å². The van der Waals surface area contributed by atoms with Crippen molar-refractivity contribution in [1.82, 2.24) is 15.1 Å². The molecule has 1 atom stereocenters. The van der Waals surface area contributed by atoms with Crippen molar-refractivity contribution in [2.75, 3.05) is 0 Å². The molecule has 19 heavy (non-hydrogen) atoms. The molecule has 5 heteroatoms. The number of nitrogens with zero attached hydrogens (tertiary/aromatic N) is 3. The van der Waals surface area contributed by atoms with Gasteiger partial charge in [0.2, 0.25) is 0 Å². The van der Waals surface area contributed by atoms with Crippen LogP contribution in [-0.2, 0) is 13.1 Å². The summed E-state index contributed by atoms with van der Waals surface area (Å²) in [7, 11) is 0. The highest BCUT2D eigenvalue weighted by Gasteiger charge is 2.07. The minimum absolute atomic E-state index is 0.176. The molecule has 1 unspecified atom stereocenters. The van der Waals surface area contributed by atoms with Gasteiger partial charge in [0.25, 0.3) is 0 Å². The molecule has 0 saturated carbocycles. The van der Waals surface area contributed by atoms with Gasteiger partial charge in [-0.05, 0) is 36.8 Å². The second kappa shape index (κ2) is 6.12. The fourth-order valence-corrected chi connectivity index (χ4v) is 1.86. The Bertz CT molecular complexity index is 572. The Kier molecular flexibility index (Phi) is 4.26. The lowest BCUT2D eigenvalue weighted by Gasteiger charge is -2.14. The third-order valence-electron chi connectivity index (χ3n) is 2.85. The smallest absolute Gasteiger partial charge is 0.123 e. The molecule has 1 aromatic heterocycles. The van der Waals surface area contributed by atoms with Crippen molar-refractivity contribution in [2.24, 2.45) is 0 Å². The maximum Gasteiger partial charge on any atom is 0.123 e. The fraction of sp³-hybridized carbons (Fsp3) is 0.286. The van der Waals surface area contributed by atoms with Crippen LogP contribution in [0.3, 0.4) is 0 Å². The summed E-state index contributed by atoms with van der Waals surface area (Å²) in [5, 5.41) is 16.4. The molecule has 0 spiro atoms. The fourth-order valence-electron chi connectivity index (χ4n) is 1.86. The van der Waals surface area contributed by atoms with E-state index in [0.717, 1.165) is 6.54 Å². The molecule has 0 bridgehead atoms. The molecule has 98 valence electrons. The number of nitrogens with one attached hydrogen (secondary N) is 1. The number of hydrogen-bond donors (Lipinski definition) is 1. The first-order valence-corrected chi connectivity index (χ1v) is 6.08. The number of rotatable bonds is 5. The van der Waals surface area contributed by atoms with E-state index < -0.39 is 0 Å². The van der Waals surface area contributed by atoms with E-state index in [0.29, 0.717) is 17.7 Å². The van der Waals surface area contributed by atoms with Crippen molar-refractivity contribution < 1.29 is 4.39 Å².